The summed E-state index contributed by atoms with van der Waals surface area (Å²) in [6.45, 7) is 3.33. The minimum atomic E-state index is 0.952. The molecule has 0 amide bonds. The lowest BCUT2D eigenvalue weighted by molar-refractivity contribution is -1.14. The molecule has 0 heterocycles. The molecule has 324 valence electrons. The van der Waals surface area contributed by atoms with Gasteiger partial charge in [-0.25, -0.2) is 0 Å². The Kier molecular flexibility index (Phi) is 1.40. The van der Waals surface area contributed by atoms with Crippen LogP contribution in [0.3, 0.4) is 0 Å². The maximum atomic E-state index is 3.33. The minimum Gasteiger partial charge on any atom is -0.0616 e. The Morgan fingerprint density at radius 2 is 0.870 bits per heavy atom. The van der Waals surface area contributed by atoms with Crippen molar-refractivity contribution < 1.29 is 0 Å². The molecule has 69 heavy (non-hydrogen) atoms. The van der Waals surface area contributed by atoms with E-state index in [-0.39, 0.29) is 0 Å². The lowest BCUT2D eigenvalue weighted by Crippen LogP contribution is -3.58. The molecule has 0 nitrogen and oxygen atoms in total. The van der Waals surface area contributed by atoms with Crippen LogP contribution in [0.1, 0.15) is 45.4 Å². The van der Waals surface area contributed by atoms with Gasteiger partial charge >= 0.3 is 0 Å². The molecule has 46 fully saturated rings. The van der Waals surface area contributed by atoms with Crippen LogP contribution in [0, 0.1) is 352 Å². The van der Waals surface area contributed by atoms with Crippen molar-refractivity contribution in [2.45, 2.75) is 45.4 Å². The Balaban J connectivity index is 0.798. The molecular weight excluding hydrogens is 829 g/mol. The summed E-state index contributed by atoms with van der Waals surface area (Å²) in [4.78, 5) is 0. The van der Waals surface area contributed by atoms with Gasteiger partial charge in [0.1, 0.15) is 0 Å². The maximum absolute atomic E-state index is 3.33. The third-order valence-electron chi connectivity index (χ3n) is 57.6. The van der Waals surface area contributed by atoms with Gasteiger partial charge in [-0.05, 0) is 391 Å². The highest BCUT2D eigenvalue weighted by atomic mass is 15.7. The summed E-state index contributed by atoms with van der Waals surface area (Å²) < 4.78 is 0. The second-order valence-electron chi connectivity index (χ2n) is 43.8. The Labute approximate surface area is 395 Å². The maximum Gasteiger partial charge on any atom is -0.00124 e. The first-order valence-corrected chi connectivity index (χ1v) is 34.2. The topological polar surface area (TPSA) is 0 Å². The van der Waals surface area contributed by atoms with Crippen molar-refractivity contribution in [3.8, 4) is 0 Å². The molecule has 0 bridgehead atoms. The molecule has 0 aromatic carbocycles. The van der Waals surface area contributed by atoms with Gasteiger partial charge < -0.3 is 0 Å². The van der Waals surface area contributed by atoms with Crippen LogP contribution >= 0.6 is 0 Å². The Bertz CT molecular complexity index is 4490. The number of fused-ring (bicyclic) bond motifs is 13. The first kappa shape index (κ1) is 24.6. The molecule has 0 N–H and O–H groups in total. The van der Waals surface area contributed by atoms with Crippen LogP contribution in [0.15, 0.2) is 0 Å². The van der Waals surface area contributed by atoms with Crippen molar-refractivity contribution in [3.63, 3.8) is 0 Å². The molecular formula is C69H48. The Morgan fingerprint density at radius 1 is 0.275 bits per heavy atom. The van der Waals surface area contributed by atoms with Crippen molar-refractivity contribution in [2.24, 2.45) is 352 Å². The Hall–Kier alpha value is 0. The molecule has 0 aromatic rings. The first-order valence-electron chi connectivity index (χ1n) is 34.2. The fraction of sp³-hybridized carbons (Fsp3) is 1.00. The van der Waals surface area contributed by atoms with E-state index in [0.29, 0.717) is 0 Å². The van der Waals surface area contributed by atoms with Crippen molar-refractivity contribution in [3.05, 3.63) is 0 Å². The van der Waals surface area contributed by atoms with Gasteiger partial charge in [-0.1, -0.05) is 6.92 Å². The summed E-state index contributed by atoms with van der Waals surface area (Å²) in [7, 11) is 0. The highest BCUT2D eigenvalue weighted by Gasteiger charge is 3.66. The summed E-state index contributed by atoms with van der Waals surface area (Å²) in [5, 5.41) is 0. The molecule has 0 aliphatic heterocycles. The predicted molar refractivity (Wildman–Crippen MR) is 219 cm³/mol. The SMILES string of the molecule is CC1C2C3CC4C5C6C7C8C9C%10CC%11C%12C%13CC%14C%15C%16C%17CC%18C%19%20C%21C%22%23C%24C%25(C6C76C87C9C89C%26C%27%28C%29C%30(C%15C%16%15C%17%18C%19%16C%21%17C%29(C%30%15%16)C%27%15C%26%16C%24(C%256C87%16)C%22%17%15)C%14%13C%12%28C%10%119)C67C5C4C36C3C7C%234C5C(C16C1CCC1C56%20)C234. The van der Waals surface area contributed by atoms with Crippen LogP contribution in [0.2, 0.25) is 0 Å². The molecule has 46 rings (SSSR count). The van der Waals surface area contributed by atoms with Crippen LogP contribution in [0.5, 0.6) is 0 Å². The molecule has 46 saturated carbocycles. The van der Waals surface area contributed by atoms with Crippen molar-refractivity contribution in [1.82, 2.24) is 0 Å². The highest BCUT2D eigenvalue weighted by molar-refractivity contribution is 6.10. The van der Waals surface area contributed by atoms with E-state index >= 15 is 0 Å². The quantitative estimate of drug-likeness (QED) is 0.249. The van der Waals surface area contributed by atoms with Gasteiger partial charge in [0.05, 0.1) is 0 Å². The van der Waals surface area contributed by atoms with Crippen LogP contribution in [0.25, 0.3) is 0 Å². The predicted octanol–water partition coefficient (Wildman–Crippen LogP) is 6.91. The van der Waals surface area contributed by atoms with E-state index in [1.807, 2.05) is 32.1 Å². The van der Waals surface area contributed by atoms with Gasteiger partial charge in [-0.15, -0.1) is 0 Å². The largest absolute Gasteiger partial charge is 0.0616 e. The summed E-state index contributed by atoms with van der Waals surface area (Å²) in [6.07, 6.45) is 11.3. The second-order valence-corrected chi connectivity index (χ2v) is 43.8. The first-order chi connectivity index (χ1) is 34.2. The second kappa shape index (κ2) is 3.92. The number of rotatable bonds is 0. The smallest absolute Gasteiger partial charge is 0.00124 e. The molecule has 29 spiro atoms. The molecule has 46 aliphatic rings. The van der Waals surface area contributed by atoms with Gasteiger partial charge in [-0.3, -0.25) is 0 Å². The van der Waals surface area contributed by atoms with Crippen LogP contribution in [-0.4, -0.2) is 0 Å². The zero-order valence-corrected chi connectivity index (χ0v) is 38.8. The van der Waals surface area contributed by atoms with Gasteiger partial charge in [-0.2, -0.15) is 0 Å². The normalized spacial score (nSPS) is 134. The van der Waals surface area contributed by atoms with E-state index in [9.17, 15) is 0 Å². The van der Waals surface area contributed by atoms with Gasteiger partial charge in [0.15, 0.2) is 0 Å². The molecule has 46 aliphatic carbocycles. The fourth-order valence-electron chi connectivity index (χ4n) is 72.2. The Morgan fingerprint density at radius 3 is 1.64 bits per heavy atom. The van der Waals surface area contributed by atoms with E-state index in [2.05, 4.69) is 6.92 Å². The number of hydrogen-bond donors (Lipinski definition) is 0. The zero-order valence-electron chi connectivity index (χ0n) is 38.8. The fourth-order valence-corrected chi connectivity index (χ4v) is 72.2. The van der Waals surface area contributed by atoms with Crippen LogP contribution < -0.4 is 0 Å². The van der Waals surface area contributed by atoms with Gasteiger partial charge in [0.2, 0.25) is 0 Å². The van der Waals surface area contributed by atoms with Crippen LogP contribution in [-0.2, 0) is 0 Å². The lowest BCUT2D eigenvalue weighted by atomic mass is 8.43. The van der Waals surface area contributed by atoms with E-state index in [1.165, 1.54) is 195 Å². The lowest BCUT2D eigenvalue weighted by Gasteiger charge is -3.59. The van der Waals surface area contributed by atoms with Crippen molar-refractivity contribution >= 4 is 0 Å². The summed E-state index contributed by atoms with van der Waals surface area (Å²) >= 11 is 0. The third kappa shape index (κ3) is 0.610. The molecule has 0 heteroatoms. The average molecular weight is 877 g/mol. The highest BCUT2D eigenvalue weighted by Crippen LogP contribution is 3.67. The minimum absolute atomic E-state index is 0.952. The molecule has 62 unspecified atom stereocenters. The standard InChI is InChI=1S/C69H48/c1-8-23-14-4-9-19-22-29-28-21-13-6-16-25-15-5-12-20-26-17-7-18-46(17)50(26)30(20)54-39-58-40-55(45(13,16)59(25,58)44(12,15)54)31(21)51(28)52(29)32(22)56-38-57-37-48(18,64(46)60(37)62(39,65(50,54)64)69(58)63(40)61(38,68(57,60)69)67(52,56)66(51,55)63)47-11-3-2-10(11)41(8,47)33-35(47)53(57)36-34(43(23,33)53)42(14)24(9)27(19)49(36,42)56/h8-40H,2-7H2,1H3. The van der Waals surface area contributed by atoms with E-state index in [4.69, 9.17) is 0 Å². The monoisotopic (exact) mass is 876 g/mol. The summed E-state index contributed by atoms with van der Waals surface area (Å²) in [5.41, 5.74) is 30.8. The van der Waals surface area contributed by atoms with E-state index in [1.54, 1.807) is 6.42 Å². The number of hydrogen-bond acceptors (Lipinski definition) is 0. The molecule has 0 saturated heterocycles. The third-order valence-corrected chi connectivity index (χ3v) is 57.6. The van der Waals surface area contributed by atoms with E-state index < -0.39 is 0 Å². The van der Waals surface area contributed by atoms with E-state index in [0.717, 1.165) is 157 Å². The van der Waals surface area contributed by atoms with Crippen molar-refractivity contribution in [2.75, 3.05) is 0 Å². The summed E-state index contributed by atoms with van der Waals surface area (Å²) in [5.74, 6) is 45.8. The molecule has 62 atom stereocenters. The van der Waals surface area contributed by atoms with Crippen LogP contribution in [0.4, 0.5) is 0 Å². The molecule has 0 aromatic heterocycles. The van der Waals surface area contributed by atoms with Gasteiger partial charge in [0.25, 0.3) is 0 Å². The van der Waals surface area contributed by atoms with Crippen molar-refractivity contribution in [1.29, 1.82) is 0 Å². The zero-order chi connectivity index (χ0) is 38.8. The summed E-state index contributed by atoms with van der Waals surface area (Å²) in [6, 6.07) is 0. The van der Waals surface area contributed by atoms with Gasteiger partial charge in [0, 0.05) is 0 Å². The molecule has 0 radical (unpaired) electrons. The average Bonchev–Trinajstić information content (AvgIpc) is 2.59.